The van der Waals surface area contributed by atoms with Crippen molar-refractivity contribution < 1.29 is 8.42 Å². The Balaban J connectivity index is 2.28. The zero-order valence-corrected chi connectivity index (χ0v) is 15.3. The third kappa shape index (κ3) is 3.24. The highest BCUT2D eigenvalue weighted by molar-refractivity contribution is 9.12. The summed E-state index contributed by atoms with van der Waals surface area (Å²) in [5.74, 6) is 0.721. The van der Waals surface area contributed by atoms with Crippen molar-refractivity contribution in [3.05, 3.63) is 13.6 Å². The van der Waals surface area contributed by atoms with Crippen LogP contribution in [0.4, 0.5) is 0 Å². The fourth-order valence-corrected chi connectivity index (χ4v) is 7.55. The van der Waals surface area contributed by atoms with Crippen molar-refractivity contribution in [3.63, 3.8) is 0 Å². The molecule has 1 aliphatic heterocycles. The van der Waals surface area contributed by atoms with E-state index in [-0.39, 0.29) is 5.92 Å². The summed E-state index contributed by atoms with van der Waals surface area (Å²) in [6.07, 6.45) is 0.865. The number of nitrogens with two attached hydrogens (primary N) is 1. The predicted molar refractivity (Wildman–Crippen MR) is 84.8 cm³/mol. The molecule has 0 aromatic carbocycles. The molecule has 1 fully saturated rings. The molecule has 0 bridgehead atoms. The second-order valence-corrected chi connectivity index (χ2v) is 10.5. The number of piperidine rings is 1. The molecule has 108 valence electrons. The van der Waals surface area contributed by atoms with Crippen molar-refractivity contribution >= 4 is 53.2 Å². The summed E-state index contributed by atoms with van der Waals surface area (Å²) in [5, 5.41) is 0. The first-order valence-electron chi connectivity index (χ1n) is 6.01. The van der Waals surface area contributed by atoms with E-state index >= 15 is 0 Å². The van der Waals surface area contributed by atoms with Crippen LogP contribution in [0.5, 0.6) is 0 Å². The molecule has 0 amide bonds. The molecule has 4 nitrogen and oxygen atoms in total. The maximum absolute atomic E-state index is 12.6. The molecule has 1 aliphatic rings. The van der Waals surface area contributed by atoms with E-state index in [1.807, 2.05) is 0 Å². The summed E-state index contributed by atoms with van der Waals surface area (Å²) >= 11 is 8.01. The molecule has 0 spiro atoms. The molecule has 2 heterocycles. The van der Waals surface area contributed by atoms with Gasteiger partial charge in [-0.15, -0.1) is 11.3 Å². The maximum atomic E-state index is 12.6. The van der Waals surface area contributed by atoms with E-state index in [4.69, 9.17) is 5.73 Å². The van der Waals surface area contributed by atoms with Gasteiger partial charge in [-0.25, -0.2) is 8.42 Å². The molecule has 19 heavy (non-hydrogen) atoms. The Morgan fingerprint density at radius 1 is 1.53 bits per heavy atom. The molecule has 1 saturated heterocycles. The predicted octanol–water partition coefficient (Wildman–Crippen LogP) is 2.88. The molecule has 1 aromatic heterocycles. The number of hydrogen-bond acceptors (Lipinski definition) is 4. The maximum Gasteiger partial charge on any atom is 0.245 e. The van der Waals surface area contributed by atoms with E-state index in [0.29, 0.717) is 34.2 Å². The first-order chi connectivity index (χ1) is 8.86. The van der Waals surface area contributed by atoms with Crippen molar-refractivity contribution in [2.45, 2.75) is 18.2 Å². The molecule has 2 atom stereocenters. The Bertz CT molecular complexity index is 559. The Labute approximate surface area is 134 Å². The highest BCUT2D eigenvalue weighted by Crippen LogP contribution is 2.37. The van der Waals surface area contributed by atoms with Crippen molar-refractivity contribution in [1.82, 2.24) is 4.31 Å². The van der Waals surface area contributed by atoms with E-state index in [2.05, 4.69) is 38.8 Å². The molecule has 1 aromatic rings. The summed E-state index contributed by atoms with van der Waals surface area (Å²) in [7, 11) is -3.43. The molecule has 2 rings (SSSR count). The fourth-order valence-electron chi connectivity index (χ4n) is 2.28. The summed E-state index contributed by atoms with van der Waals surface area (Å²) in [4.78, 5) is 0.342. The van der Waals surface area contributed by atoms with Gasteiger partial charge >= 0.3 is 0 Å². The van der Waals surface area contributed by atoms with E-state index < -0.39 is 10.0 Å². The summed E-state index contributed by atoms with van der Waals surface area (Å²) < 4.78 is 28.3. The minimum absolute atomic E-state index is 0.240. The molecule has 8 heteroatoms. The summed E-state index contributed by atoms with van der Waals surface area (Å²) in [6.45, 7) is 3.75. The van der Waals surface area contributed by atoms with Crippen LogP contribution in [0.1, 0.15) is 13.3 Å². The first-order valence-corrected chi connectivity index (χ1v) is 9.85. The lowest BCUT2D eigenvalue weighted by Gasteiger charge is -2.35. The second kappa shape index (κ2) is 6.11. The van der Waals surface area contributed by atoms with Gasteiger partial charge < -0.3 is 5.73 Å². The summed E-state index contributed by atoms with van der Waals surface area (Å²) in [5.41, 5.74) is 5.74. The van der Waals surface area contributed by atoms with E-state index in [0.717, 1.165) is 10.2 Å². The van der Waals surface area contributed by atoms with Gasteiger partial charge in [-0.2, -0.15) is 4.31 Å². The number of sulfonamides is 1. The lowest BCUT2D eigenvalue weighted by Crippen LogP contribution is -2.45. The molecule has 0 radical (unpaired) electrons. The van der Waals surface area contributed by atoms with Crippen LogP contribution in [-0.4, -0.2) is 32.4 Å². The van der Waals surface area contributed by atoms with Crippen molar-refractivity contribution in [3.8, 4) is 0 Å². The van der Waals surface area contributed by atoms with Crippen molar-refractivity contribution in [2.24, 2.45) is 17.6 Å². The summed E-state index contributed by atoms with van der Waals surface area (Å²) in [6, 6.07) is 1.65. The average Bonchev–Trinajstić information content (AvgIpc) is 2.69. The highest BCUT2D eigenvalue weighted by atomic mass is 79.9. The minimum Gasteiger partial charge on any atom is -0.330 e. The van der Waals surface area contributed by atoms with Gasteiger partial charge in [0.1, 0.15) is 4.90 Å². The van der Waals surface area contributed by atoms with Crippen LogP contribution < -0.4 is 5.73 Å². The van der Waals surface area contributed by atoms with Gasteiger partial charge in [-0.1, -0.05) is 6.92 Å². The van der Waals surface area contributed by atoms with Crippen LogP contribution in [-0.2, 0) is 10.0 Å². The normalized spacial score (nSPS) is 25.7. The Morgan fingerprint density at radius 3 is 2.74 bits per heavy atom. The Morgan fingerprint density at radius 2 is 2.21 bits per heavy atom. The SMILES string of the molecule is CC1CCN(S(=O)(=O)c2cc(Br)sc2Br)CC1CN. The van der Waals surface area contributed by atoms with Crippen LogP contribution >= 0.6 is 43.2 Å². The van der Waals surface area contributed by atoms with Gasteiger partial charge in [0.2, 0.25) is 10.0 Å². The quantitative estimate of drug-likeness (QED) is 0.800. The molecule has 0 aliphatic carbocycles. The highest BCUT2D eigenvalue weighted by Gasteiger charge is 2.34. The molecule has 0 saturated carbocycles. The van der Waals surface area contributed by atoms with E-state index in [1.54, 1.807) is 10.4 Å². The molecule has 2 unspecified atom stereocenters. The van der Waals surface area contributed by atoms with Crippen molar-refractivity contribution in [1.29, 1.82) is 0 Å². The molecule has 2 N–H and O–H groups in total. The second-order valence-electron chi connectivity index (χ2n) is 4.81. The monoisotopic (exact) mass is 430 g/mol. The van der Waals surface area contributed by atoms with Gasteiger partial charge in [0.05, 0.1) is 7.57 Å². The van der Waals surface area contributed by atoms with Crippen LogP contribution in [0.15, 0.2) is 18.5 Å². The van der Waals surface area contributed by atoms with Gasteiger partial charge in [-0.3, -0.25) is 0 Å². The van der Waals surface area contributed by atoms with Crippen molar-refractivity contribution in [2.75, 3.05) is 19.6 Å². The van der Waals surface area contributed by atoms with E-state index in [9.17, 15) is 8.42 Å². The lowest BCUT2D eigenvalue weighted by molar-refractivity contribution is 0.203. The molecular weight excluding hydrogens is 416 g/mol. The molecular formula is C11H16Br2N2O2S2. The Kier molecular flexibility index (Phi) is 5.12. The number of nitrogens with zero attached hydrogens (tertiary/aromatic N) is 1. The average molecular weight is 432 g/mol. The van der Waals surface area contributed by atoms with Gasteiger partial charge in [0.15, 0.2) is 0 Å². The third-order valence-corrected chi connectivity index (χ3v) is 8.24. The smallest absolute Gasteiger partial charge is 0.245 e. The zero-order valence-electron chi connectivity index (χ0n) is 10.5. The Hall–Kier alpha value is 0.530. The van der Waals surface area contributed by atoms with Crippen LogP contribution in [0.2, 0.25) is 0 Å². The van der Waals surface area contributed by atoms with Crippen LogP contribution in [0.3, 0.4) is 0 Å². The minimum atomic E-state index is -3.43. The van der Waals surface area contributed by atoms with Gasteiger partial charge in [-0.05, 0) is 62.7 Å². The number of thiophene rings is 1. The largest absolute Gasteiger partial charge is 0.330 e. The fraction of sp³-hybridized carbons (Fsp3) is 0.636. The van der Waals surface area contributed by atoms with Crippen LogP contribution in [0, 0.1) is 11.8 Å². The standard InChI is InChI=1S/C11H16Br2N2O2S2/c1-7-2-3-15(6-8(7)5-14)19(16,17)9-4-10(12)18-11(9)13/h4,7-8H,2-3,5-6,14H2,1H3. The number of hydrogen-bond donors (Lipinski definition) is 1. The van der Waals surface area contributed by atoms with E-state index in [1.165, 1.54) is 11.3 Å². The zero-order chi connectivity index (χ0) is 14.2. The number of halogens is 2. The van der Waals surface area contributed by atoms with Gasteiger partial charge in [0.25, 0.3) is 0 Å². The van der Waals surface area contributed by atoms with Crippen LogP contribution in [0.25, 0.3) is 0 Å². The third-order valence-electron chi connectivity index (χ3n) is 3.62. The lowest BCUT2D eigenvalue weighted by atomic mass is 9.88. The van der Waals surface area contributed by atoms with Gasteiger partial charge in [0, 0.05) is 13.1 Å². The number of rotatable bonds is 3. The topological polar surface area (TPSA) is 63.4 Å². The first kappa shape index (κ1) is 15.9.